The lowest BCUT2D eigenvalue weighted by Gasteiger charge is -2.35. The second-order valence-corrected chi connectivity index (χ2v) is 12.5. The Balaban J connectivity index is 1.14. The van der Waals surface area contributed by atoms with Gasteiger partial charge in [0.1, 0.15) is 5.82 Å². The molecule has 41 heavy (non-hydrogen) atoms. The van der Waals surface area contributed by atoms with Crippen molar-refractivity contribution in [3.63, 3.8) is 0 Å². The summed E-state index contributed by atoms with van der Waals surface area (Å²) >= 11 is 0. The highest BCUT2D eigenvalue weighted by atomic mass is 19.1. The number of piperidine rings is 1. The van der Waals surface area contributed by atoms with Gasteiger partial charge in [0.2, 0.25) is 0 Å². The monoisotopic (exact) mass is 555 g/mol. The summed E-state index contributed by atoms with van der Waals surface area (Å²) in [6, 6.07) is 19.8. The van der Waals surface area contributed by atoms with Crippen LogP contribution in [0.15, 0.2) is 71.8 Å². The van der Waals surface area contributed by atoms with Gasteiger partial charge in [0.15, 0.2) is 0 Å². The minimum Gasteiger partial charge on any atom is -0.478 e. The summed E-state index contributed by atoms with van der Waals surface area (Å²) in [5.74, 6) is 0.521. The van der Waals surface area contributed by atoms with Crippen molar-refractivity contribution < 1.29 is 14.3 Å². The molecule has 216 valence electrons. The summed E-state index contributed by atoms with van der Waals surface area (Å²) in [5.41, 5.74) is 6.52. The van der Waals surface area contributed by atoms with Gasteiger partial charge in [0, 0.05) is 36.7 Å². The smallest absolute Gasteiger partial charge is 0.331 e. The van der Waals surface area contributed by atoms with Gasteiger partial charge in [0.25, 0.3) is 0 Å². The summed E-state index contributed by atoms with van der Waals surface area (Å²) in [5, 5.41) is 15.0. The fourth-order valence-corrected chi connectivity index (χ4v) is 7.24. The van der Waals surface area contributed by atoms with Crippen molar-refractivity contribution in [2.75, 3.05) is 19.6 Å². The van der Waals surface area contributed by atoms with Gasteiger partial charge in [0.05, 0.1) is 5.69 Å². The van der Waals surface area contributed by atoms with Crippen LogP contribution in [-0.4, -0.2) is 45.4 Å². The molecule has 3 aliphatic rings. The standard InChI is InChI=1S/C35H42FN3O2/c1-2-39-34(22-31(37-39)17-24-7-4-3-5-8-24)26-13-15-38(16-14-26)23-29-19-28(33(35(40)41)18-25-11-12-25)21-32(29)27-9-6-10-30(36)20-27/h3-10,20,22,25-26,29,32H,2,11-19,21,23H2,1H3,(H,40,41)/t29-,32-/m1/s1. The van der Waals surface area contributed by atoms with E-state index in [-0.39, 0.29) is 11.7 Å². The molecule has 0 bridgehead atoms. The summed E-state index contributed by atoms with van der Waals surface area (Å²) < 4.78 is 16.4. The van der Waals surface area contributed by atoms with Gasteiger partial charge in [-0.1, -0.05) is 48.0 Å². The quantitative estimate of drug-likeness (QED) is 0.269. The Kier molecular flexibility index (Phi) is 8.38. The molecule has 1 aromatic heterocycles. The number of nitrogens with zero attached hydrogens (tertiary/aromatic N) is 3. The molecule has 2 saturated carbocycles. The number of carbonyl (C=O) groups is 1. The van der Waals surface area contributed by atoms with Crippen LogP contribution >= 0.6 is 0 Å². The predicted molar refractivity (Wildman–Crippen MR) is 159 cm³/mol. The molecule has 6 rings (SSSR count). The van der Waals surface area contributed by atoms with Gasteiger partial charge in [-0.2, -0.15) is 5.10 Å². The Morgan fingerprint density at radius 3 is 2.46 bits per heavy atom. The summed E-state index contributed by atoms with van der Waals surface area (Å²) in [6.45, 7) is 6.02. The third-order valence-electron chi connectivity index (χ3n) is 9.58. The lowest BCUT2D eigenvalue weighted by Crippen LogP contribution is -2.37. The van der Waals surface area contributed by atoms with E-state index in [4.69, 9.17) is 5.10 Å². The molecule has 0 unspecified atom stereocenters. The van der Waals surface area contributed by atoms with Crippen molar-refractivity contribution in [3.8, 4) is 0 Å². The maximum absolute atomic E-state index is 14.2. The Morgan fingerprint density at radius 1 is 1.00 bits per heavy atom. The van der Waals surface area contributed by atoms with Gasteiger partial charge < -0.3 is 10.0 Å². The lowest BCUT2D eigenvalue weighted by molar-refractivity contribution is -0.132. The number of carboxylic acid groups (broad SMARTS) is 1. The molecule has 0 amide bonds. The van der Waals surface area contributed by atoms with Crippen LogP contribution in [0.4, 0.5) is 4.39 Å². The van der Waals surface area contributed by atoms with Crippen molar-refractivity contribution in [2.45, 2.75) is 76.7 Å². The second-order valence-electron chi connectivity index (χ2n) is 12.5. The van der Waals surface area contributed by atoms with E-state index in [1.54, 1.807) is 12.1 Å². The molecule has 0 radical (unpaired) electrons. The van der Waals surface area contributed by atoms with E-state index in [0.29, 0.717) is 29.7 Å². The largest absolute Gasteiger partial charge is 0.478 e. The van der Waals surface area contributed by atoms with E-state index in [1.165, 1.54) is 17.3 Å². The number of carboxylic acids is 1. The SMILES string of the molecule is CCn1nc(Cc2ccccc2)cc1C1CCN(C[C@H]2CC(=C(CC3CC3)C(=O)O)C[C@@H]2c2cccc(F)c2)CC1. The lowest BCUT2D eigenvalue weighted by atomic mass is 9.87. The Labute approximate surface area is 243 Å². The Bertz CT molecular complexity index is 1390. The molecule has 5 nitrogen and oxygen atoms in total. The maximum Gasteiger partial charge on any atom is 0.331 e. The van der Waals surface area contributed by atoms with Gasteiger partial charge in [-0.3, -0.25) is 4.68 Å². The molecule has 2 aromatic carbocycles. The number of likely N-dealkylation sites (tertiary alicyclic amines) is 1. The highest BCUT2D eigenvalue weighted by Crippen LogP contribution is 2.47. The van der Waals surface area contributed by atoms with E-state index >= 15 is 0 Å². The maximum atomic E-state index is 14.2. The molecule has 1 aliphatic heterocycles. The summed E-state index contributed by atoms with van der Waals surface area (Å²) in [6.07, 6.45) is 7.56. The van der Waals surface area contributed by atoms with Crippen molar-refractivity contribution in [3.05, 3.63) is 100 Å². The zero-order valence-corrected chi connectivity index (χ0v) is 24.1. The molecule has 0 spiro atoms. The van der Waals surface area contributed by atoms with Crippen LogP contribution in [0.5, 0.6) is 0 Å². The van der Waals surface area contributed by atoms with Gasteiger partial charge >= 0.3 is 5.97 Å². The van der Waals surface area contributed by atoms with Crippen LogP contribution < -0.4 is 0 Å². The van der Waals surface area contributed by atoms with E-state index < -0.39 is 5.97 Å². The first-order chi connectivity index (χ1) is 20.0. The average Bonchev–Trinajstić information content (AvgIpc) is 3.57. The van der Waals surface area contributed by atoms with Crippen LogP contribution in [0, 0.1) is 17.7 Å². The second kappa shape index (κ2) is 12.3. The average molecular weight is 556 g/mol. The predicted octanol–water partition coefficient (Wildman–Crippen LogP) is 7.19. The molecule has 1 saturated heterocycles. The zero-order valence-electron chi connectivity index (χ0n) is 24.1. The highest BCUT2D eigenvalue weighted by molar-refractivity contribution is 5.87. The molecule has 2 atom stereocenters. The van der Waals surface area contributed by atoms with Gasteiger partial charge in [-0.05, 0) is 112 Å². The van der Waals surface area contributed by atoms with Gasteiger partial charge in [-0.15, -0.1) is 0 Å². The van der Waals surface area contributed by atoms with E-state index in [1.807, 2.05) is 6.07 Å². The number of benzene rings is 2. The molecule has 2 heterocycles. The Hall–Kier alpha value is -3.25. The summed E-state index contributed by atoms with van der Waals surface area (Å²) in [4.78, 5) is 14.8. The number of aryl methyl sites for hydroxylation is 1. The molecular weight excluding hydrogens is 513 g/mol. The number of hydrogen-bond acceptors (Lipinski definition) is 3. The molecule has 3 aromatic rings. The number of hydrogen-bond donors (Lipinski definition) is 1. The van der Waals surface area contributed by atoms with Gasteiger partial charge in [-0.25, -0.2) is 9.18 Å². The van der Waals surface area contributed by atoms with Crippen LogP contribution in [0.3, 0.4) is 0 Å². The van der Waals surface area contributed by atoms with Crippen LogP contribution in [0.25, 0.3) is 0 Å². The highest BCUT2D eigenvalue weighted by Gasteiger charge is 2.37. The molecule has 3 fully saturated rings. The zero-order chi connectivity index (χ0) is 28.3. The van der Waals surface area contributed by atoms with Crippen molar-refractivity contribution in [1.29, 1.82) is 0 Å². The molecule has 1 N–H and O–H groups in total. The molecule has 6 heteroatoms. The van der Waals surface area contributed by atoms with E-state index in [9.17, 15) is 14.3 Å². The fourth-order valence-electron chi connectivity index (χ4n) is 7.24. The number of aliphatic carboxylic acids is 1. The molecular formula is C35H42FN3O2. The minimum atomic E-state index is -0.759. The van der Waals surface area contributed by atoms with Crippen molar-refractivity contribution in [2.24, 2.45) is 11.8 Å². The number of allylic oxidation sites excluding steroid dienone is 1. The fraction of sp³-hybridized carbons (Fsp3) is 0.486. The third-order valence-corrected chi connectivity index (χ3v) is 9.58. The van der Waals surface area contributed by atoms with Crippen LogP contribution in [0.1, 0.15) is 86.2 Å². The first-order valence-electron chi connectivity index (χ1n) is 15.5. The first-order valence-corrected chi connectivity index (χ1v) is 15.5. The summed E-state index contributed by atoms with van der Waals surface area (Å²) in [7, 11) is 0. The number of rotatable bonds is 10. The third kappa shape index (κ3) is 6.64. The number of aromatic nitrogens is 2. The minimum absolute atomic E-state index is 0.161. The van der Waals surface area contributed by atoms with Crippen molar-refractivity contribution >= 4 is 5.97 Å². The van der Waals surface area contributed by atoms with E-state index in [2.05, 4.69) is 52.9 Å². The molecule has 2 aliphatic carbocycles. The number of halogens is 1. The van der Waals surface area contributed by atoms with Crippen molar-refractivity contribution in [1.82, 2.24) is 14.7 Å². The van der Waals surface area contributed by atoms with E-state index in [0.717, 1.165) is 88.0 Å². The normalized spacial score (nSPS) is 23.2. The van der Waals surface area contributed by atoms with Crippen LogP contribution in [-0.2, 0) is 17.8 Å². The topological polar surface area (TPSA) is 58.4 Å². The first kappa shape index (κ1) is 27.9. The van der Waals surface area contributed by atoms with Crippen LogP contribution in [0.2, 0.25) is 0 Å². The Morgan fingerprint density at radius 2 is 1.78 bits per heavy atom.